The summed E-state index contributed by atoms with van der Waals surface area (Å²) in [4.78, 5) is 29.7. The van der Waals surface area contributed by atoms with E-state index in [1.54, 1.807) is 29.1 Å². The summed E-state index contributed by atoms with van der Waals surface area (Å²) in [6.07, 6.45) is 0. The largest absolute Gasteiger partial charge is 0.496 e. The second-order valence-electron chi connectivity index (χ2n) is 6.66. The average molecular weight is 478 g/mol. The first kappa shape index (κ1) is 23.3. The third-order valence-corrected chi connectivity index (χ3v) is 5.44. The summed E-state index contributed by atoms with van der Waals surface area (Å²) >= 11 is 7.47. The number of nitro groups is 1. The predicted molar refractivity (Wildman–Crippen MR) is 120 cm³/mol. The quantitative estimate of drug-likeness (QED) is 0.328. The number of amides is 1. The number of ether oxygens (including phenoxy) is 3. The van der Waals surface area contributed by atoms with Gasteiger partial charge in [-0.15, -0.1) is 11.3 Å². The molecule has 0 saturated heterocycles. The van der Waals surface area contributed by atoms with Crippen molar-refractivity contribution in [1.29, 1.82) is 0 Å². The summed E-state index contributed by atoms with van der Waals surface area (Å²) in [6.45, 7) is 0.239. The molecule has 1 aromatic heterocycles. The Kier molecular flexibility index (Phi) is 7.49. The summed E-state index contributed by atoms with van der Waals surface area (Å²) in [5, 5.41) is 14.0. The number of carbonyl (C=O) groups excluding carboxylic acids is 1. The number of hydrogen-bond acceptors (Lipinski definition) is 8. The molecular weight excluding hydrogens is 458 g/mol. The molecular formula is C21H20ClN3O6S. The lowest BCUT2D eigenvalue weighted by Crippen LogP contribution is -2.27. The van der Waals surface area contributed by atoms with Gasteiger partial charge in [-0.1, -0.05) is 11.6 Å². The maximum atomic E-state index is 13.1. The van der Waals surface area contributed by atoms with Crippen molar-refractivity contribution < 1.29 is 23.9 Å². The Morgan fingerprint density at radius 2 is 1.94 bits per heavy atom. The highest BCUT2D eigenvalue weighted by Crippen LogP contribution is 2.36. The maximum absolute atomic E-state index is 13.1. The fourth-order valence-corrected chi connectivity index (χ4v) is 3.75. The molecule has 0 spiro atoms. The lowest BCUT2D eigenvalue weighted by molar-refractivity contribution is -0.385. The molecule has 11 heteroatoms. The van der Waals surface area contributed by atoms with Gasteiger partial charge in [0.25, 0.3) is 11.6 Å². The molecule has 0 saturated carbocycles. The fourth-order valence-electron chi connectivity index (χ4n) is 3.01. The molecule has 2 aromatic carbocycles. The number of methoxy groups -OCH3 is 2. The van der Waals surface area contributed by atoms with Gasteiger partial charge in [-0.2, -0.15) is 0 Å². The first-order chi connectivity index (χ1) is 15.3. The zero-order chi connectivity index (χ0) is 23.3. The summed E-state index contributed by atoms with van der Waals surface area (Å²) in [5.41, 5.74) is 2.47. The van der Waals surface area contributed by atoms with Crippen LogP contribution in [0.4, 0.5) is 5.69 Å². The van der Waals surface area contributed by atoms with Crippen molar-refractivity contribution in [3.8, 4) is 17.2 Å². The van der Waals surface area contributed by atoms with Gasteiger partial charge in [0.15, 0.2) is 11.5 Å². The Hall–Kier alpha value is -3.37. The second-order valence-corrected chi connectivity index (χ2v) is 7.82. The van der Waals surface area contributed by atoms with Crippen LogP contribution in [0.5, 0.6) is 17.2 Å². The number of benzene rings is 2. The molecule has 0 N–H and O–H groups in total. The zero-order valence-corrected chi connectivity index (χ0v) is 19.1. The Balaban J connectivity index is 1.90. The van der Waals surface area contributed by atoms with Crippen molar-refractivity contribution in [2.45, 2.75) is 13.2 Å². The highest BCUT2D eigenvalue weighted by molar-refractivity contribution is 7.07. The van der Waals surface area contributed by atoms with Gasteiger partial charge in [0, 0.05) is 35.6 Å². The average Bonchev–Trinajstić information content (AvgIpc) is 3.30. The molecule has 0 bridgehead atoms. The number of halogens is 1. The molecule has 3 aromatic rings. The van der Waals surface area contributed by atoms with Crippen LogP contribution >= 0.6 is 22.9 Å². The van der Waals surface area contributed by atoms with Crippen LogP contribution in [-0.4, -0.2) is 42.0 Å². The molecule has 0 aliphatic rings. The molecule has 1 amide bonds. The van der Waals surface area contributed by atoms with E-state index >= 15 is 0 Å². The van der Waals surface area contributed by atoms with Crippen molar-refractivity contribution in [2.24, 2.45) is 0 Å². The van der Waals surface area contributed by atoms with E-state index in [1.807, 2.05) is 0 Å². The smallest absolute Gasteiger partial charge is 0.286 e. The van der Waals surface area contributed by atoms with Crippen LogP contribution in [0, 0.1) is 10.1 Å². The van der Waals surface area contributed by atoms with Crippen LogP contribution in [0.25, 0.3) is 0 Å². The zero-order valence-electron chi connectivity index (χ0n) is 17.5. The first-order valence-corrected chi connectivity index (χ1v) is 10.6. The third kappa shape index (κ3) is 5.27. The van der Waals surface area contributed by atoms with E-state index in [0.29, 0.717) is 22.0 Å². The molecule has 0 atom stereocenters. The highest BCUT2D eigenvalue weighted by atomic mass is 35.5. The van der Waals surface area contributed by atoms with Crippen LogP contribution in [0.3, 0.4) is 0 Å². The lowest BCUT2D eigenvalue weighted by Gasteiger charge is -2.20. The Morgan fingerprint density at radius 3 is 2.56 bits per heavy atom. The SMILES string of the molecule is COc1ccc(Cl)cc1CN(C)C(=O)c1cc(OC)c(OCc2cscn2)cc1[N+](=O)[O-]. The van der Waals surface area contributed by atoms with Crippen molar-refractivity contribution in [2.75, 3.05) is 21.3 Å². The predicted octanol–water partition coefficient (Wildman–Crippen LogP) is 4.57. The minimum atomic E-state index is -0.629. The molecule has 168 valence electrons. The van der Waals surface area contributed by atoms with Crippen molar-refractivity contribution in [1.82, 2.24) is 9.88 Å². The number of thiazole rings is 1. The highest BCUT2D eigenvalue weighted by Gasteiger charge is 2.27. The van der Waals surface area contributed by atoms with Crippen LogP contribution in [0.15, 0.2) is 41.2 Å². The fraction of sp³-hybridized carbons (Fsp3) is 0.238. The summed E-state index contributed by atoms with van der Waals surface area (Å²) in [7, 11) is 4.44. The lowest BCUT2D eigenvalue weighted by atomic mass is 10.1. The van der Waals surface area contributed by atoms with E-state index in [0.717, 1.165) is 0 Å². The molecule has 0 aliphatic heterocycles. The van der Waals surface area contributed by atoms with E-state index in [-0.39, 0.29) is 30.2 Å². The topological polar surface area (TPSA) is 104 Å². The van der Waals surface area contributed by atoms with Gasteiger partial charge < -0.3 is 19.1 Å². The van der Waals surface area contributed by atoms with E-state index < -0.39 is 16.5 Å². The van der Waals surface area contributed by atoms with E-state index in [4.69, 9.17) is 25.8 Å². The van der Waals surface area contributed by atoms with Crippen LogP contribution in [-0.2, 0) is 13.2 Å². The minimum Gasteiger partial charge on any atom is -0.496 e. The second kappa shape index (κ2) is 10.3. The maximum Gasteiger partial charge on any atom is 0.286 e. The summed E-state index contributed by atoms with van der Waals surface area (Å²) in [5.74, 6) is 0.320. The van der Waals surface area contributed by atoms with Gasteiger partial charge in [0.05, 0.1) is 36.4 Å². The van der Waals surface area contributed by atoms with E-state index in [1.165, 1.54) is 49.6 Å². The van der Waals surface area contributed by atoms with Gasteiger partial charge in [-0.25, -0.2) is 4.98 Å². The van der Waals surface area contributed by atoms with Crippen molar-refractivity contribution >= 4 is 34.5 Å². The number of nitrogens with zero attached hydrogens (tertiary/aromatic N) is 3. The minimum absolute atomic E-state index is 0.110. The van der Waals surface area contributed by atoms with Crippen molar-refractivity contribution in [3.05, 3.63) is 73.2 Å². The Morgan fingerprint density at radius 1 is 1.19 bits per heavy atom. The van der Waals surface area contributed by atoms with Crippen LogP contribution < -0.4 is 14.2 Å². The van der Waals surface area contributed by atoms with Gasteiger partial charge >= 0.3 is 0 Å². The van der Waals surface area contributed by atoms with Crippen LogP contribution in [0.1, 0.15) is 21.6 Å². The third-order valence-electron chi connectivity index (χ3n) is 4.56. The Bertz CT molecular complexity index is 1120. The van der Waals surface area contributed by atoms with E-state index in [9.17, 15) is 14.9 Å². The number of carbonyl (C=O) groups is 1. The first-order valence-electron chi connectivity index (χ1n) is 9.28. The Labute approximate surface area is 193 Å². The standard InChI is InChI=1S/C21H20ClN3O6S/c1-24(9-13-6-14(22)4-5-18(13)29-2)21(26)16-7-19(30-3)20(8-17(16)25(27)28)31-10-15-11-32-12-23-15/h4-8,11-12H,9-10H2,1-3H3. The number of nitro benzene ring substituents is 1. The normalized spacial score (nSPS) is 10.5. The molecule has 32 heavy (non-hydrogen) atoms. The molecule has 0 radical (unpaired) electrons. The van der Waals surface area contributed by atoms with Crippen LogP contribution in [0.2, 0.25) is 5.02 Å². The van der Waals surface area contributed by atoms with E-state index in [2.05, 4.69) is 4.98 Å². The van der Waals surface area contributed by atoms with Gasteiger partial charge in [-0.3, -0.25) is 14.9 Å². The summed E-state index contributed by atoms with van der Waals surface area (Å²) in [6, 6.07) is 7.53. The molecule has 0 unspecified atom stereocenters. The molecule has 1 heterocycles. The number of rotatable bonds is 9. The molecule has 3 rings (SSSR count). The van der Waals surface area contributed by atoms with Gasteiger partial charge in [-0.05, 0) is 18.2 Å². The molecule has 0 fully saturated rings. The van der Waals surface area contributed by atoms with Crippen molar-refractivity contribution in [3.63, 3.8) is 0 Å². The van der Waals surface area contributed by atoms with Gasteiger partial charge in [0.1, 0.15) is 17.9 Å². The molecule has 9 nitrogen and oxygen atoms in total. The molecule has 0 aliphatic carbocycles. The van der Waals surface area contributed by atoms with Gasteiger partial charge in [0.2, 0.25) is 0 Å². The number of aromatic nitrogens is 1. The monoisotopic (exact) mass is 477 g/mol. The number of hydrogen-bond donors (Lipinski definition) is 0. The summed E-state index contributed by atoms with van der Waals surface area (Å²) < 4.78 is 16.3.